The van der Waals surface area contributed by atoms with Crippen molar-refractivity contribution in [1.82, 2.24) is 0 Å². The Morgan fingerprint density at radius 3 is 2.44 bits per heavy atom. The van der Waals surface area contributed by atoms with Crippen molar-refractivity contribution >= 4 is 9.84 Å². The van der Waals surface area contributed by atoms with Gasteiger partial charge in [0.05, 0.1) is 5.75 Å². The molecule has 2 aliphatic rings. The molecule has 3 nitrogen and oxygen atoms in total. The second kappa shape index (κ2) is 1.18. The average molecular weight is 148 g/mol. The van der Waals surface area contributed by atoms with Gasteiger partial charge in [0.25, 0.3) is 0 Å². The highest BCUT2D eigenvalue weighted by Gasteiger charge is 2.66. The molecule has 4 heteroatoms. The van der Waals surface area contributed by atoms with Crippen molar-refractivity contribution in [1.29, 1.82) is 0 Å². The number of hydrogen-bond acceptors (Lipinski definition) is 3. The molecule has 0 aliphatic carbocycles. The average Bonchev–Trinajstić information content (AvgIpc) is 2.34. The molecule has 0 saturated carbocycles. The second-order valence-electron chi connectivity index (χ2n) is 2.73. The van der Waals surface area contributed by atoms with Gasteiger partial charge in [-0.3, -0.25) is 0 Å². The number of sulfone groups is 1. The molecule has 0 aromatic rings. The first-order valence-electron chi connectivity index (χ1n) is 2.96. The predicted octanol–water partition coefficient (Wildman–Crippen LogP) is -0.0801. The smallest absolute Gasteiger partial charge is 0.192 e. The van der Waals surface area contributed by atoms with E-state index < -0.39 is 14.8 Å². The van der Waals surface area contributed by atoms with Gasteiger partial charge >= 0.3 is 0 Å². The minimum Gasteiger partial charge on any atom is -0.349 e. The minimum atomic E-state index is -2.87. The molecule has 0 amide bonds. The summed E-state index contributed by atoms with van der Waals surface area (Å²) in [7, 11) is -2.87. The van der Waals surface area contributed by atoms with Crippen molar-refractivity contribution in [2.24, 2.45) is 0 Å². The highest BCUT2D eigenvalue weighted by Crippen LogP contribution is 2.49. The lowest BCUT2D eigenvalue weighted by atomic mass is 10.3. The molecule has 0 radical (unpaired) electrons. The van der Waals surface area contributed by atoms with Gasteiger partial charge in [-0.15, -0.1) is 0 Å². The molecule has 0 aromatic carbocycles. The summed E-state index contributed by atoms with van der Waals surface area (Å²) in [5.74, 6) is 0.314. The van der Waals surface area contributed by atoms with E-state index in [0.29, 0.717) is 12.2 Å². The maximum absolute atomic E-state index is 11.0. The number of rotatable bonds is 0. The Bertz CT molecular complexity index is 241. The third-order valence-corrected chi connectivity index (χ3v) is 4.54. The molecule has 0 aromatic heterocycles. The molecular formula is C5H8O3S. The molecular weight excluding hydrogens is 140 g/mol. The standard InChI is InChI=1S/C5H8O3S/c1-5-4(8-5)2-3-9(5,6)7/h4H,2-3H2,1H3/t4-,5+/m1/s1. The SMILES string of the molecule is C[C@@]12O[C@@H]1CCS2(=O)=O. The second-order valence-corrected chi connectivity index (χ2v) is 5.18. The van der Waals surface area contributed by atoms with Crippen molar-refractivity contribution < 1.29 is 13.2 Å². The summed E-state index contributed by atoms with van der Waals surface area (Å²) in [5, 5.41) is 0. The van der Waals surface area contributed by atoms with Gasteiger partial charge in [0, 0.05) is 0 Å². The first-order chi connectivity index (χ1) is 4.06. The van der Waals surface area contributed by atoms with Crippen LogP contribution in [0, 0.1) is 0 Å². The van der Waals surface area contributed by atoms with Crippen LogP contribution in [0.25, 0.3) is 0 Å². The van der Waals surface area contributed by atoms with Crippen molar-refractivity contribution in [3.05, 3.63) is 0 Å². The largest absolute Gasteiger partial charge is 0.349 e. The van der Waals surface area contributed by atoms with Gasteiger partial charge in [-0.25, -0.2) is 8.42 Å². The van der Waals surface area contributed by atoms with Crippen molar-refractivity contribution in [3.8, 4) is 0 Å². The van der Waals surface area contributed by atoms with Crippen LogP contribution in [0.2, 0.25) is 0 Å². The maximum atomic E-state index is 11.0. The fourth-order valence-corrected chi connectivity index (χ4v) is 3.02. The van der Waals surface area contributed by atoms with Gasteiger partial charge in [0.2, 0.25) is 0 Å². The quantitative estimate of drug-likeness (QED) is 0.451. The fraction of sp³-hybridized carbons (Fsp3) is 1.00. The molecule has 0 N–H and O–H groups in total. The zero-order chi connectivity index (χ0) is 6.70. The first-order valence-corrected chi connectivity index (χ1v) is 4.62. The van der Waals surface area contributed by atoms with Crippen LogP contribution < -0.4 is 0 Å². The molecule has 2 aliphatic heterocycles. The molecule has 2 heterocycles. The van der Waals surface area contributed by atoms with E-state index in [-0.39, 0.29) is 6.10 Å². The van der Waals surface area contributed by atoms with E-state index in [1.165, 1.54) is 0 Å². The summed E-state index contributed by atoms with van der Waals surface area (Å²) < 4.78 is 27.0. The first kappa shape index (κ1) is 5.68. The number of epoxide rings is 1. The van der Waals surface area contributed by atoms with E-state index in [9.17, 15) is 8.42 Å². The molecule has 0 spiro atoms. The fourth-order valence-electron chi connectivity index (χ4n) is 1.31. The van der Waals surface area contributed by atoms with Crippen LogP contribution in [0.1, 0.15) is 13.3 Å². The van der Waals surface area contributed by atoms with Crippen LogP contribution in [-0.4, -0.2) is 25.2 Å². The summed E-state index contributed by atoms with van der Waals surface area (Å²) >= 11 is 0. The third kappa shape index (κ3) is 0.483. The van der Waals surface area contributed by atoms with Gasteiger partial charge in [-0.1, -0.05) is 0 Å². The van der Waals surface area contributed by atoms with Gasteiger partial charge in [-0.05, 0) is 13.3 Å². The third-order valence-electron chi connectivity index (χ3n) is 2.17. The summed E-state index contributed by atoms with van der Waals surface area (Å²) in [6, 6.07) is 0. The minimum absolute atomic E-state index is 0.0162. The van der Waals surface area contributed by atoms with E-state index in [1.54, 1.807) is 6.92 Å². The monoisotopic (exact) mass is 148 g/mol. The van der Waals surface area contributed by atoms with Crippen LogP contribution in [0.15, 0.2) is 0 Å². The van der Waals surface area contributed by atoms with Crippen molar-refractivity contribution in [2.75, 3.05) is 5.75 Å². The Hall–Kier alpha value is -0.0900. The van der Waals surface area contributed by atoms with Gasteiger partial charge in [0.15, 0.2) is 14.8 Å². The highest BCUT2D eigenvalue weighted by molar-refractivity contribution is 7.93. The molecule has 2 fully saturated rings. The predicted molar refractivity (Wildman–Crippen MR) is 31.7 cm³/mol. The molecule has 0 unspecified atom stereocenters. The number of hydrogen-bond donors (Lipinski definition) is 0. The van der Waals surface area contributed by atoms with Gasteiger partial charge < -0.3 is 4.74 Å². The van der Waals surface area contributed by atoms with E-state index in [1.807, 2.05) is 0 Å². The van der Waals surface area contributed by atoms with Crippen LogP contribution in [0.5, 0.6) is 0 Å². The lowest BCUT2D eigenvalue weighted by molar-refractivity contribution is 0.341. The number of ether oxygens (including phenoxy) is 1. The number of fused-ring (bicyclic) bond motifs is 1. The highest BCUT2D eigenvalue weighted by atomic mass is 32.2. The van der Waals surface area contributed by atoms with Crippen LogP contribution >= 0.6 is 0 Å². The van der Waals surface area contributed by atoms with E-state index in [0.717, 1.165) is 0 Å². The Morgan fingerprint density at radius 2 is 2.33 bits per heavy atom. The van der Waals surface area contributed by atoms with Gasteiger partial charge in [-0.2, -0.15) is 0 Å². The van der Waals surface area contributed by atoms with Crippen LogP contribution in [-0.2, 0) is 14.6 Å². The summed E-state index contributed by atoms with van der Waals surface area (Å²) in [6.45, 7) is 1.65. The van der Waals surface area contributed by atoms with E-state index in [4.69, 9.17) is 4.74 Å². The van der Waals surface area contributed by atoms with Gasteiger partial charge in [0.1, 0.15) is 6.10 Å². The Morgan fingerprint density at radius 1 is 1.67 bits per heavy atom. The molecule has 9 heavy (non-hydrogen) atoms. The summed E-state index contributed by atoms with van der Waals surface area (Å²) in [6.07, 6.45) is 0.709. The lowest BCUT2D eigenvalue weighted by Crippen LogP contribution is -2.18. The Kier molecular flexibility index (Phi) is 0.743. The van der Waals surface area contributed by atoms with Crippen LogP contribution in [0.3, 0.4) is 0 Å². The zero-order valence-corrected chi connectivity index (χ0v) is 5.94. The van der Waals surface area contributed by atoms with Crippen molar-refractivity contribution in [2.45, 2.75) is 24.4 Å². The van der Waals surface area contributed by atoms with Crippen molar-refractivity contribution in [3.63, 3.8) is 0 Å². The molecule has 2 atom stereocenters. The molecule has 52 valence electrons. The lowest BCUT2D eigenvalue weighted by Gasteiger charge is -1.98. The normalized spacial score (nSPS) is 52.8. The van der Waals surface area contributed by atoms with E-state index in [2.05, 4.69) is 0 Å². The topological polar surface area (TPSA) is 46.7 Å². The summed E-state index contributed by atoms with van der Waals surface area (Å²) in [4.78, 5) is -0.771. The Balaban J connectivity index is 2.51. The Labute approximate surface area is 53.9 Å². The zero-order valence-electron chi connectivity index (χ0n) is 5.12. The maximum Gasteiger partial charge on any atom is 0.192 e. The van der Waals surface area contributed by atoms with E-state index >= 15 is 0 Å². The van der Waals surface area contributed by atoms with Crippen LogP contribution in [0.4, 0.5) is 0 Å². The summed E-state index contributed by atoms with van der Waals surface area (Å²) in [5.41, 5.74) is 0. The molecule has 2 saturated heterocycles. The molecule has 0 bridgehead atoms. The molecule has 2 rings (SSSR count).